The highest BCUT2D eigenvalue weighted by Crippen LogP contribution is 2.21. The van der Waals surface area contributed by atoms with E-state index in [4.69, 9.17) is 16.3 Å². The second-order valence-corrected chi connectivity index (χ2v) is 8.86. The quantitative estimate of drug-likeness (QED) is 0.159. The first-order valence-electron chi connectivity index (χ1n) is 11.2. The van der Waals surface area contributed by atoms with Gasteiger partial charge in [-0.2, -0.15) is 0 Å². The third-order valence-corrected chi connectivity index (χ3v) is 5.17. The molecule has 0 unspecified atom stereocenters. The van der Waals surface area contributed by atoms with Gasteiger partial charge in [0.1, 0.15) is 41.5 Å². The molecule has 2 aromatic heterocycles. The minimum Gasteiger partial charge on any atom is -0.487 e. The van der Waals surface area contributed by atoms with Crippen molar-refractivity contribution in [1.82, 2.24) is 15.3 Å². The number of pyridine rings is 2. The number of hydrogen-bond donors (Lipinski definition) is 2. The largest absolute Gasteiger partial charge is 0.487 e. The highest BCUT2D eigenvalue weighted by Gasteiger charge is 2.18. The normalized spacial score (nSPS) is 14.1. The van der Waals surface area contributed by atoms with Crippen molar-refractivity contribution in [1.29, 1.82) is 0 Å². The summed E-state index contributed by atoms with van der Waals surface area (Å²) >= 11 is 6.22. The van der Waals surface area contributed by atoms with Crippen LogP contribution in [0.2, 0.25) is 6.82 Å². The Bertz CT molecular complexity index is 1250. The Hall–Kier alpha value is -3.37. The van der Waals surface area contributed by atoms with Crippen molar-refractivity contribution in [2.24, 2.45) is 4.99 Å². The van der Waals surface area contributed by atoms with Crippen LogP contribution in [0.4, 0.5) is 13.2 Å². The first-order chi connectivity index (χ1) is 17.4. The van der Waals surface area contributed by atoms with Gasteiger partial charge in [-0.3, -0.25) is 9.98 Å². The summed E-state index contributed by atoms with van der Waals surface area (Å²) < 4.78 is 46.1. The summed E-state index contributed by atoms with van der Waals surface area (Å²) in [5, 5.41) is 13.2. The fraction of sp³-hybridized carbons (Fsp3) is 0.269. The predicted octanol–water partition coefficient (Wildman–Crippen LogP) is 6.10. The minimum atomic E-state index is -1.18. The Labute approximate surface area is 220 Å². The Morgan fingerprint density at radius 1 is 1.30 bits per heavy atom. The molecule has 2 aromatic rings. The van der Waals surface area contributed by atoms with E-state index in [1.807, 2.05) is 0 Å². The molecule has 2 N–H and O–H groups in total. The summed E-state index contributed by atoms with van der Waals surface area (Å²) in [6.07, 6.45) is 5.93. The molecular formula is C26H28BClF3N4O2. The van der Waals surface area contributed by atoms with Crippen LogP contribution in [-0.4, -0.2) is 28.6 Å². The van der Waals surface area contributed by atoms with Crippen LogP contribution in [0.25, 0.3) is 5.70 Å². The molecule has 0 spiro atoms. The van der Waals surface area contributed by atoms with Crippen LogP contribution < -0.4 is 5.32 Å². The molecule has 0 saturated heterocycles. The lowest BCUT2D eigenvalue weighted by molar-refractivity contribution is 0.0738. The fourth-order valence-corrected chi connectivity index (χ4v) is 2.87. The monoisotopic (exact) mass is 531 g/mol. The van der Waals surface area contributed by atoms with Gasteiger partial charge in [0.25, 0.3) is 0 Å². The van der Waals surface area contributed by atoms with Gasteiger partial charge in [-0.05, 0) is 51.5 Å². The van der Waals surface area contributed by atoms with Gasteiger partial charge in [0.2, 0.25) is 0 Å². The lowest BCUT2D eigenvalue weighted by Crippen LogP contribution is -2.17. The van der Waals surface area contributed by atoms with Gasteiger partial charge in [-0.25, -0.2) is 18.2 Å². The number of hydrogen-bond acceptors (Lipinski definition) is 6. The van der Waals surface area contributed by atoms with E-state index in [9.17, 15) is 18.3 Å². The van der Waals surface area contributed by atoms with Gasteiger partial charge in [0, 0.05) is 29.1 Å². The lowest BCUT2D eigenvalue weighted by atomic mass is 9.81. The van der Waals surface area contributed by atoms with Crippen LogP contribution >= 0.6 is 11.6 Å². The molecule has 6 nitrogen and oxygen atoms in total. The number of allylic oxidation sites excluding steroid dienone is 3. The third kappa shape index (κ3) is 9.55. The predicted molar refractivity (Wildman–Crippen MR) is 141 cm³/mol. The molecule has 0 fully saturated rings. The molecule has 37 heavy (non-hydrogen) atoms. The summed E-state index contributed by atoms with van der Waals surface area (Å²) in [5.41, 5.74) is 0.700. The first kappa shape index (κ1) is 29.9. The van der Waals surface area contributed by atoms with Gasteiger partial charge >= 0.3 is 0 Å². The van der Waals surface area contributed by atoms with Crippen LogP contribution in [0.5, 0.6) is 0 Å². The minimum absolute atomic E-state index is 0.00312. The van der Waals surface area contributed by atoms with Crippen LogP contribution in [0.3, 0.4) is 0 Å². The number of aliphatic imine (C=N–C) groups is 1. The summed E-state index contributed by atoms with van der Waals surface area (Å²) in [6, 6.07) is 5.64. The number of rotatable bonds is 11. The molecule has 195 valence electrons. The number of ether oxygens (including phenoxy) is 1. The number of halogens is 4. The maximum absolute atomic E-state index is 13.9. The number of nitrogens with zero attached hydrogens (tertiary/aromatic N) is 3. The number of aliphatic hydroxyl groups is 1. The molecule has 0 saturated carbocycles. The zero-order chi connectivity index (χ0) is 27.6. The molecule has 0 aliphatic rings. The van der Waals surface area contributed by atoms with Gasteiger partial charge in [0.05, 0.1) is 17.6 Å². The van der Waals surface area contributed by atoms with E-state index in [-0.39, 0.29) is 34.4 Å². The van der Waals surface area contributed by atoms with Crippen molar-refractivity contribution >= 4 is 30.8 Å². The van der Waals surface area contributed by atoms with Crippen LogP contribution in [-0.2, 0) is 16.9 Å². The van der Waals surface area contributed by atoms with Gasteiger partial charge in [-0.15, -0.1) is 0 Å². The molecule has 2 rings (SSSR count). The first-order valence-corrected chi connectivity index (χ1v) is 11.6. The fourth-order valence-electron chi connectivity index (χ4n) is 2.76. The molecule has 0 bridgehead atoms. The van der Waals surface area contributed by atoms with E-state index in [0.717, 1.165) is 12.3 Å². The van der Waals surface area contributed by atoms with Gasteiger partial charge in [-0.1, -0.05) is 24.5 Å². The van der Waals surface area contributed by atoms with Gasteiger partial charge in [0.15, 0.2) is 13.1 Å². The van der Waals surface area contributed by atoms with E-state index in [0.29, 0.717) is 23.3 Å². The molecule has 11 heteroatoms. The third-order valence-electron chi connectivity index (χ3n) is 4.76. The maximum atomic E-state index is 13.9. The van der Waals surface area contributed by atoms with E-state index in [1.54, 1.807) is 72.3 Å². The second-order valence-electron chi connectivity index (χ2n) is 8.45. The molecule has 0 atom stereocenters. The molecule has 0 aliphatic carbocycles. The van der Waals surface area contributed by atoms with Crippen molar-refractivity contribution in [3.05, 3.63) is 99.7 Å². The Balaban J connectivity index is 2.11. The van der Waals surface area contributed by atoms with Crippen LogP contribution in [0.1, 0.15) is 44.8 Å². The Morgan fingerprint density at radius 2 is 2.03 bits per heavy atom. The Kier molecular flexibility index (Phi) is 11.1. The highest BCUT2D eigenvalue weighted by atomic mass is 35.5. The van der Waals surface area contributed by atoms with Crippen molar-refractivity contribution in [2.75, 3.05) is 0 Å². The molecule has 0 amide bonds. The highest BCUT2D eigenvalue weighted by molar-refractivity contribution is 6.63. The summed E-state index contributed by atoms with van der Waals surface area (Å²) in [4.78, 5) is 12.4. The van der Waals surface area contributed by atoms with E-state index in [1.165, 1.54) is 6.21 Å². The van der Waals surface area contributed by atoms with E-state index >= 15 is 0 Å². The van der Waals surface area contributed by atoms with Crippen molar-refractivity contribution in [2.45, 2.75) is 46.7 Å². The molecule has 0 aliphatic heterocycles. The van der Waals surface area contributed by atoms with Crippen molar-refractivity contribution in [3.8, 4) is 0 Å². The second kappa shape index (κ2) is 13.8. The number of nitrogens with one attached hydrogen (secondary N) is 1. The maximum Gasteiger partial charge on any atom is 0.169 e. The molecule has 1 radical (unpaired) electrons. The average molecular weight is 532 g/mol. The lowest BCUT2D eigenvalue weighted by Gasteiger charge is -2.17. The topological polar surface area (TPSA) is 79.6 Å². The van der Waals surface area contributed by atoms with Crippen molar-refractivity contribution in [3.63, 3.8) is 0 Å². The van der Waals surface area contributed by atoms with Crippen LogP contribution in [0.15, 0.2) is 76.0 Å². The zero-order valence-corrected chi connectivity index (χ0v) is 21.9. The van der Waals surface area contributed by atoms with Gasteiger partial charge < -0.3 is 15.2 Å². The van der Waals surface area contributed by atoms with Crippen LogP contribution in [0, 0.1) is 11.6 Å². The zero-order valence-electron chi connectivity index (χ0n) is 21.2. The van der Waals surface area contributed by atoms with E-state index in [2.05, 4.69) is 20.3 Å². The summed E-state index contributed by atoms with van der Waals surface area (Å²) in [5.74, 6) is -1.35. The summed E-state index contributed by atoms with van der Waals surface area (Å²) in [7, 11) is 1.61. The standard InChI is InChI=1S/C26H28BClF3N4O2/c1-16(13-33-21(11-29)20-7-6-8-24(35-20)26(3,4)36)12-32-17(2)9-23(25(28)27-5)37-15-22-19(31)10-18(30)14-34-22/h6-14,32,36H,15H2,1-5H3/b16-12+,17-9-,21-11+,25-23-,33-13+. The SMILES string of the molecule is C[B]/C(Cl)=C(\C=C(\C)N/C=C(C)/C=N/C(=C/F)c1cccc(C(C)(C)O)n1)OCc1ncc(F)cc1F. The average Bonchev–Trinajstić information content (AvgIpc) is 2.85. The van der Waals surface area contributed by atoms with Crippen molar-refractivity contribution < 1.29 is 23.0 Å². The van der Waals surface area contributed by atoms with E-state index < -0.39 is 17.2 Å². The Morgan fingerprint density at radius 3 is 2.65 bits per heavy atom. The molecular weight excluding hydrogens is 504 g/mol. The smallest absolute Gasteiger partial charge is 0.169 e. The molecule has 2 heterocycles. The summed E-state index contributed by atoms with van der Waals surface area (Å²) in [6.45, 7) is 8.14. The number of aromatic nitrogens is 2. The molecule has 0 aromatic carbocycles.